The van der Waals surface area contributed by atoms with Crippen molar-refractivity contribution in [2.24, 2.45) is 0 Å². The first-order chi connectivity index (χ1) is 11.0. The van der Waals surface area contributed by atoms with Crippen LogP contribution in [0.3, 0.4) is 0 Å². The summed E-state index contributed by atoms with van der Waals surface area (Å²) in [7, 11) is 1.40. The normalized spacial score (nSPS) is 27.2. The third-order valence-electron chi connectivity index (χ3n) is 4.56. The number of esters is 1. The van der Waals surface area contributed by atoms with E-state index in [1.807, 2.05) is 6.92 Å². The molecule has 2 heterocycles. The van der Waals surface area contributed by atoms with E-state index in [9.17, 15) is 15.0 Å². The Balaban J connectivity index is 1.82. The number of ether oxygens (including phenoxy) is 3. The lowest BCUT2D eigenvalue weighted by Gasteiger charge is -2.32. The Morgan fingerprint density at radius 1 is 1.30 bits per heavy atom. The molecular weight excluding hydrogens is 300 g/mol. The predicted molar refractivity (Wildman–Crippen MR) is 82.0 cm³/mol. The van der Waals surface area contributed by atoms with Crippen molar-refractivity contribution in [1.29, 1.82) is 0 Å². The molecule has 0 aliphatic carbocycles. The van der Waals surface area contributed by atoms with Crippen molar-refractivity contribution in [2.75, 3.05) is 7.11 Å². The Hall–Kier alpha value is -1.95. The highest BCUT2D eigenvalue weighted by atomic mass is 16.5. The number of phenolic OH excluding ortho intramolecular Hbond substituents is 2. The predicted octanol–water partition coefficient (Wildman–Crippen LogP) is 2.54. The van der Waals surface area contributed by atoms with E-state index < -0.39 is 5.97 Å². The molecule has 23 heavy (non-hydrogen) atoms. The standard InChI is InChI=1S/C17H22O6/c1-9-4-3-5-10(22-9)6-11-7-12-15(17(20)23-11)13(18)8-14(21-2)16(12)19/h8-11,18-19H,3-7H2,1-2H3. The molecule has 1 saturated heterocycles. The molecule has 2 N–H and O–H groups in total. The molecule has 0 spiro atoms. The Bertz CT molecular complexity index is 612. The molecule has 3 atom stereocenters. The van der Waals surface area contributed by atoms with E-state index in [2.05, 4.69) is 0 Å². The molecule has 0 amide bonds. The summed E-state index contributed by atoms with van der Waals surface area (Å²) in [5, 5.41) is 20.3. The number of carbonyl (C=O) groups is 1. The number of methoxy groups -OCH3 is 1. The molecule has 1 aromatic carbocycles. The van der Waals surface area contributed by atoms with Gasteiger partial charge in [-0.2, -0.15) is 0 Å². The van der Waals surface area contributed by atoms with Gasteiger partial charge in [-0.15, -0.1) is 0 Å². The first-order valence-electron chi connectivity index (χ1n) is 7.97. The van der Waals surface area contributed by atoms with Gasteiger partial charge in [-0.1, -0.05) is 0 Å². The van der Waals surface area contributed by atoms with Crippen molar-refractivity contribution in [3.63, 3.8) is 0 Å². The van der Waals surface area contributed by atoms with E-state index in [4.69, 9.17) is 14.2 Å². The van der Waals surface area contributed by atoms with Gasteiger partial charge in [0.2, 0.25) is 0 Å². The zero-order chi connectivity index (χ0) is 16.6. The van der Waals surface area contributed by atoms with Crippen LogP contribution in [0.25, 0.3) is 0 Å². The van der Waals surface area contributed by atoms with Crippen LogP contribution in [0, 0.1) is 0 Å². The summed E-state index contributed by atoms with van der Waals surface area (Å²) < 4.78 is 16.4. The van der Waals surface area contributed by atoms with Crippen LogP contribution >= 0.6 is 0 Å². The van der Waals surface area contributed by atoms with Gasteiger partial charge in [-0.05, 0) is 26.2 Å². The smallest absolute Gasteiger partial charge is 0.342 e. The number of carbonyl (C=O) groups excluding carboxylic acids is 1. The minimum atomic E-state index is -0.615. The minimum absolute atomic E-state index is 0.0254. The quantitative estimate of drug-likeness (QED) is 0.657. The Kier molecular flexibility index (Phi) is 4.35. The van der Waals surface area contributed by atoms with E-state index >= 15 is 0 Å². The molecule has 2 aliphatic heterocycles. The number of hydrogen-bond acceptors (Lipinski definition) is 6. The van der Waals surface area contributed by atoms with Gasteiger partial charge in [0.1, 0.15) is 17.4 Å². The van der Waals surface area contributed by atoms with Gasteiger partial charge in [-0.3, -0.25) is 0 Å². The average molecular weight is 322 g/mol. The van der Waals surface area contributed by atoms with Gasteiger partial charge >= 0.3 is 5.97 Å². The van der Waals surface area contributed by atoms with Gasteiger partial charge in [-0.25, -0.2) is 4.79 Å². The molecule has 0 bridgehead atoms. The molecular formula is C17H22O6. The maximum absolute atomic E-state index is 12.2. The third kappa shape index (κ3) is 3.08. The first-order valence-corrected chi connectivity index (χ1v) is 7.97. The summed E-state index contributed by atoms with van der Waals surface area (Å²) in [6.45, 7) is 2.04. The summed E-state index contributed by atoms with van der Waals surface area (Å²) in [5.41, 5.74) is 0.407. The minimum Gasteiger partial charge on any atom is -0.507 e. The van der Waals surface area contributed by atoms with E-state index in [0.29, 0.717) is 18.4 Å². The van der Waals surface area contributed by atoms with Crippen LogP contribution < -0.4 is 4.74 Å². The largest absolute Gasteiger partial charge is 0.507 e. The van der Waals surface area contributed by atoms with Gasteiger partial charge in [0, 0.05) is 24.5 Å². The van der Waals surface area contributed by atoms with Crippen LogP contribution in [0.5, 0.6) is 17.2 Å². The Morgan fingerprint density at radius 2 is 2.09 bits per heavy atom. The molecule has 0 saturated carbocycles. The lowest BCUT2D eigenvalue weighted by molar-refractivity contribution is -0.0648. The molecule has 2 aliphatic rings. The number of benzene rings is 1. The van der Waals surface area contributed by atoms with Crippen LogP contribution in [0.2, 0.25) is 0 Å². The van der Waals surface area contributed by atoms with E-state index in [1.54, 1.807) is 0 Å². The Labute approximate surface area is 135 Å². The highest BCUT2D eigenvalue weighted by molar-refractivity contribution is 5.96. The number of aromatic hydroxyl groups is 2. The molecule has 0 radical (unpaired) electrons. The maximum atomic E-state index is 12.2. The maximum Gasteiger partial charge on any atom is 0.342 e. The highest BCUT2D eigenvalue weighted by Crippen LogP contribution is 2.42. The zero-order valence-corrected chi connectivity index (χ0v) is 13.4. The van der Waals surface area contributed by atoms with Crippen LogP contribution in [0.15, 0.2) is 6.07 Å². The van der Waals surface area contributed by atoms with Crippen LogP contribution in [0.4, 0.5) is 0 Å². The lowest BCUT2D eigenvalue weighted by atomic mass is 9.92. The summed E-state index contributed by atoms with van der Waals surface area (Å²) in [6.07, 6.45) is 3.93. The van der Waals surface area contributed by atoms with E-state index in [1.165, 1.54) is 13.2 Å². The zero-order valence-electron chi connectivity index (χ0n) is 13.4. The second kappa shape index (κ2) is 6.28. The second-order valence-electron chi connectivity index (χ2n) is 6.27. The fourth-order valence-corrected chi connectivity index (χ4v) is 3.44. The number of rotatable bonds is 3. The first kappa shape index (κ1) is 15.9. The van der Waals surface area contributed by atoms with Crippen molar-refractivity contribution in [1.82, 2.24) is 0 Å². The van der Waals surface area contributed by atoms with Crippen LogP contribution in [-0.4, -0.2) is 41.6 Å². The molecule has 6 heteroatoms. The fourth-order valence-electron chi connectivity index (χ4n) is 3.44. The topological polar surface area (TPSA) is 85.2 Å². The molecule has 0 aromatic heterocycles. The molecule has 6 nitrogen and oxygen atoms in total. The van der Waals surface area contributed by atoms with Gasteiger partial charge in [0.25, 0.3) is 0 Å². The molecule has 1 fully saturated rings. The van der Waals surface area contributed by atoms with E-state index in [-0.39, 0.29) is 41.1 Å². The van der Waals surface area contributed by atoms with E-state index in [0.717, 1.165) is 19.3 Å². The SMILES string of the molecule is COc1cc(O)c2c(c1O)CC(CC1CCCC(C)O1)OC2=O. The molecule has 3 rings (SSSR count). The average Bonchev–Trinajstić information content (AvgIpc) is 2.50. The molecule has 3 unspecified atom stereocenters. The van der Waals surface area contributed by atoms with Crippen molar-refractivity contribution in [3.05, 3.63) is 17.2 Å². The monoisotopic (exact) mass is 322 g/mol. The second-order valence-corrected chi connectivity index (χ2v) is 6.27. The summed E-state index contributed by atoms with van der Waals surface area (Å²) in [4.78, 5) is 12.2. The molecule has 126 valence electrons. The van der Waals surface area contributed by atoms with Gasteiger partial charge < -0.3 is 24.4 Å². The number of hydrogen-bond donors (Lipinski definition) is 2. The van der Waals surface area contributed by atoms with Gasteiger partial charge in [0.05, 0.1) is 19.3 Å². The number of cyclic esters (lactones) is 1. The third-order valence-corrected chi connectivity index (χ3v) is 4.56. The summed E-state index contributed by atoms with van der Waals surface area (Å²) in [6, 6.07) is 1.22. The van der Waals surface area contributed by atoms with Crippen LogP contribution in [0.1, 0.15) is 48.5 Å². The molecule has 1 aromatic rings. The Morgan fingerprint density at radius 3 is 2.78 bits per heavy atom. The van der Waals surface area contributed by atoms with Crippen molar-refractivity contribution in [2.45, 2.75) is 57.3 Å². The van der Waals surface area contributed by atoms with Crippen LogP contribution in [-0.2, 0) is 15.9 Å². The fraction of sp³-hybridized carbons (Fsp3) is 0.588. The summed E-state index contributed by atoms with van der Waals surface area (Å²) in [5.74, 6) is -0.812. The van der Waals surface area contributed by atoms with Crippen molar-refractivity contribution < 1.29 is 29.2 Å². The van der Waals surface area contributed by atoms with Crippen molar-refractivity contribution in [3.8, 4) is 17.2 Å². The summed E-state index contributed by atoms with van der Waals surface area (Å²) >= 11 is 0. The number of phenols is 2. The van der Waals surface area contributed by atoms with Crippen molar-refractivity contribution >= 4 is 5.97 Å². The highest BCUT2D eigenvalue weighted by Gasteiger charge is 2.35. The van der Waals surface area contributed by atoms with Gasteiger partial charge in [0.15, 0.2) is 11.5 Å². The number of fused-ring (bicyclic) bond motifs is 1. The lowest BCUT2D eigenvalue weighted by Crippen LogP contribution is -2.34.